The smallest absolute Gasteiger partial charge is 0.0999 e. The van der Waals surface area contributed by atoms with Gasteiger partial charge in [0.2, 0.25) is 0 Å². The summed E-state index contributed by atoms with van der Waals surface area (Å²) in [6, 6.07) is 20.2. The number of nitrogens with zero attached hydrogens (tertiary/aromatic N) is 3. The van der Waals surface area contributed by atoms with Gasteiger partial charge >= 0.3 is 0 Å². The van der Waals surface area contributed by atoms with Crippen LogP contribution < -0.4 is 10.7 Å². The predicted molar refractivity (Wildman–Crippen MR) is 82.3 cm³/mol. The number of benzene rings is 3. The van der Waals surface area contributed by atoms with Crippen molar-refractivity contribution < 1.29 is 0 Å². The third-order valence-electron chi connectivity index (χ3n) is 4.24. The second kappa shape index (κ2) is 3.90. The molecule has 3 heteroatoms. The minimum absolute atomic E-state index is 0.652. The molecule has 3 aromatic rings. The fraction of sp³-hybridized carbons (Fsp3) is 0. The van der Waals surface area contributed by atoms with E-state index in [1.807, 2.05) is 42.5 Å². The van der Waals surface area contributed by atoms with Gasteiger partial charge in [-0.2, -0.15) is 5.26 Å². The SMILES string of the molecule is N#Cc1cccc2c1-c1c3c(ccc1=N2)=c1ccccc1=N3. The molecular formula is C19H9N3. The minimum atomic E-state index is 0.652. The Labute approximate surface area is 125 Å². The van der Waals surface area contributed by atoms with Crippen molar-refractivity contribution in [2.75, 3.05) is 0 Å². The summed E-state index contributed by atoms with van der Waals surface area (Å²) in [6.45, 7) is 0. The molecule has 0 N–H and O–H groups in total. The van der Waals surface area contributed by atoms with E-state index in [0.29, 0.717) is 5.56 Å². The lowest BCUT2D eigenvalue weighted by Gasteiger charge is -2.04. The van der Waals surface area contributed by atoms with Crippen LogP contribution in [-0.2, 0) is 0 Å². The van der Waals surface area contributed by atoms with Crippen LogP contribution in [0.15, 0.2) is 64.6 Å². The van der Waals surface area contributed by atoms with E-state index < -0.39 is 0 Å². The van der Waals surface area contributed by atoms with E-state index in [4.69, 9.17) is 4.99 Å². The molecule has 0 saturated carbocycles. The molecular weight excluding hydrogens is 270 g/mol. The van der Waals surface area contributed by atoms with E-state index in [0.717, 1.165) is 43.7 Å². The molecule has 2 aliphatic heterocycles. The summed E-state index contributed by atoms with van der Waals surface area (Å²) in [7, 11) is 0. The fourth-order valence-electron chi connectivity index (χ4n) is 3.29. The van der Waals surface area contributed by atoms with E-state index >= 15 is 0 Å². The maximum Gasteiger partial charge on any atom is 0.0999 e. The van der Waals surface area contributed by atoms with Gasteiger partial charge in [0.25, 0.3) is 0 Å². The van der Waals surface area contributed by atoms with Crippen molar-refractivity contribution in [1.29, 1.82) is 5.26 Å². The monoisotopic (exact) mass is 279 g/mol. The average molecular weight is 279 g/mol. The molecule has 3 aromatic carbocycles. The van der Waals surface area contributed by atoms with Crippen LogP contribution in [0.25, 0.3) is 11.1 Å². The van der Waals surface area contributed by atoms with Crippen molar-refractivity contribution in [3.63, 3.8) is 0 Å². The van der Waals surface area contributed by atoms with E-state index in [1.165, 1.54) is 0 Å². The predicted octanol–water partition coefficient (Wildman–Crippen LogP) is 3.04. The van der Waals surface area contributed by atoms with Crippen LogP contribution in [0.2, 0.25) is 0 Å². The van der Waals surface area contributed by atoms with Crippen LogP contribution >= 0.6 is 0 Å². The largest absolute Gasteiger partial charge is 0.248 e. The molecule has 22 heavy (non-hydrogen) atoms. The van der Waals surface area contributed by atoms with Gasteiger partial charge in [-0.05, 0) is 30.3 Å². The number of rotatable bonds is 0. The molecule has 0 spiro atoms. The van der Waals surface area contributed by atoms with Crippen molar-refractivity contribution in [2.45, 2.75) is 0 Å². The molecule has 0 fully saturated rings. The van der Waals surface area contributed by atoms with E-state index in [-0.39, 0.29) is 0 Å². The standard InChI is InChI=1S/C19H9N3/c20-10-11-4-3-7-15-17(11)18-16(21-15)9-8-13-12-5-1-2-6-14(12)22-19(13)18/h1-9H. The number of fused-ring (bicyclic) bond motifs is 6. The summed E-state index contributed by atoms with van der Waals surface area (Å²) < 4.78 is 0. The summed E-state index contributed by atoms with van der Waals surface area (Å²) in [4.78, 5) is 9.44. The number of hydrogen-bond acceptors (Lipinski definition) is 3. The molecule has 0 radical (unpaired) electrons. The number of para-hydroxylation sites is 1. The quantitative estimate of drug-likeness (QED) is 0.430. The Morgan fingerprint density at radius 3 is 2.55 bits per heavy atom. The van der Waals surface area contributed by atoms with E-state index in [1.54, 1.807) is 0 Å². The fourth-order valence-corrected chi connectivity index (χ4v) is 3.29. The molecule has 0 unspecified atom stereocenters. The van der Waals surface area contributed by atoms with Gasteiger partial charge in [0.15, 0.2) is 0 Å². The van der Waals surface area contributed by atoms with Crippen molar-refractivity contribution in [3.05, 3.63) is 81.3 Å². The van der Waals surface area contributed by atoms with E-state index in [9.17, 15) is 5.26 Å². The number of hydrogen-bond donors (Lipinski definition) is 0. The number of nitriles is 1. The van der Waals surface area contributed by atoms with Gasteiger partial charge in [0.1, 0.15) is 0 Å². The average Bonchev–Trinajstić information content (AvgIpc) is 3.12. The zero-order chi connectivity index (χ0) is 14.7. The molecule has 2 heterocycles. The van der Waals surface area contributed by atoms with Gasteiger partial charge in [-0.3, -0.25) is 0 Å². The lowest BCUT2D eigenvalue weighted by atomic mass is 9.98. The highest BCUT2D eigenvalue weighted by Gasteiger charge is 2.22. The summed E-state index contributed by atoms with van der Waals surface area (Å²) >= 11 is 0. The molecule has 3 nitrogen and oxygen atoms in total. The van der Waals surface area contributed by atoms with Crippen LogP contribution in [0.5, 0.6) is 0 Å². The van der Waals surface area contributed by atoms with Crippen molar-refractivity contribution in [3.8, 4) is 17.2 Å². The van der Waals surface area contributed by atoms with Crippen LogP contribution in [-0.4, -0.2) is 0 Å². The first-order chi connectivity index (χ1) is 10.9. The van der Waals surface area contributed by atoms with Gasteiger partial charge < -0.3 is 0 Å². The normalized spacial score (nSPS) is 12.3. The van der Waals surface area contributed by atoms with Crippen molar-refractivity contribution in [2.24, 2.45) is 9.98 Å². The Balaban J connectivity index is 2.02. The molecule has 0 atom stereocenters. The lowest BCUT2D eigenvalue weighted by molar-refractivity contribution is 1.36. The third kappa shape index (κ3) is 1.29. The molecule has 0 amide bonds. The summed E-state index contributed by atoms with van der Waals surface area (Å²) in [5.41, 5.74) is 4.34. The van der Waals surface area contributed by atoms with Crippen molar-refractivity contribution >= 4 is 11.4 Å². The molecule has 100 valence electrons. The lowest BCUT2D eigenvalue weighted by Crippen LogP contribution is -2.00. The maximum atomic E-state index is 9.43. The van der Waals surface area contributed by atoms with Gasteiger partial charge in [-0.15, -0.1) is 0 Å². The Hall–Kier alpha value is -3.25. The second-order valence-electron chi connectivity index (χ2n) is 5.41. The maximum absolute atomic E-state index is 9.43. The van der Waals surface area contributed by atoms with Crippen molar-refractivity contribution in [1.82, 2.24) is 0 Å². The zero-order valence-electron chi connectivity index (χ0n) is 11.5. The Bertz CT molecular complexity index is 1230. The Morgan fingerprint density at radius 1 is 0.727 bits per heavy atom. The Kier molecular flexibility index (Phi) is 2.02. The van der Waals surface area contributed by atoms with Crippen LogP contribution in [0, 0.1) is 21.8 Å². The topological polar surface area (TPSA) is 48.5 Å². The van der Waals surface area contributed by atoms with Gasteiger partial charge in [0.05, 0.1) is 33.7 Å². The summed E-state index contributed by atoms with van der Waals surface area (Å²) in [6.07, 6.45) is 0. The zero-order valence-corrected chi connectivity index (χ0v) is 11.5. The van der Waals surface area contributed by atoms with Crippen LogP contribution in [0.1, 0.15) is 5.56 Å². The molecule has 0 aliphatic carbocycles. The highest BCUT2D eigenvalue weighted by atomic mass is 14.8. The first-order valence-corrected chi connectivity index (χ1v) is 7.10. The van der Waals surface area contributed by atoms with Crippen LogP contribution in [0.3, 0.4) is 0 Å². The highest BCUT2D eigenvalue weighted by Crippen LogP contribution is 2.41. The van der Waals surface area contributed by atoms with E-state index in [2.05, 4.69) is 23.2 Å². The highest BCUT2D eigenvalue weighted by molar-refractivity contribution is 5.90. The second-order valence-corrected chi connectivity index (χ2v) is 5.41. The molecule has 2 aliphatic rings. The Morgan fingerprint density at radius 2 is 1.64 bits per heavy atom. The van der Waals surface area contributed by atoms with Gasteiger partial charge in [0, 0.05) is 21.6 Å². The minimum Gasteiger partial charge on any atom is -0.248 e. The third-order valence-corrected chi connectivity index (χ3v) is 4.24. The molecule has 5 rings (SSSR count). The summed E-state index contributed by atoms with van der Waals surface area (Å²) in [5.74, 6) is 0. The first-order valence-electron chi connectivity index (χ1n) is 7.10. The first kappa shape index (κ1) is 11.4. The molecule has 0 saturated heterocycles. The van der Waals surface area contributed by atoms with Gasteiger partial charge in [-0.25, -0.2) is 9.98 Å². The molecule has 0 bridgehead atoms. The van der Waals surface area contributed by atoms with Gasteiger partial charge in [-0.1, -0.05) is 24.3 Å². The molecule has 0 aromatic heterocycles. The summed E-state index contributed by atoms with van der Waals surface area (Å²) in [5, 5.41) is 13.6. The van der Waals surface area contributed by atoms with Crippen LogP contribution in [0.4, 0.5) is 11.4 Å².